The van der Waals surface area contributed by atoms with Crippen molar-refractivity contribution in [2.75, 3.05) is 11.9 Å². The zero-order chi connectivity index (χ0) is 16.7. The predicted molar refractivity (Wildman–Crippen MR) is 90.4 cm³/mol. The second-order valence-electron chi connectivity index (χ2n) is 5.43. The molecule has 0 saturated carbocycles. The van der Waals surface area contributed by atoms with Crippen molar-refractivity contribution in [3.8, 4) is 0 Å². The lowest BCUT2D eigenvalue weighted by Crippen LogP contribution is -2.22. The molecule has 1 aromatic heterocycles. The Balaban J connectivity index is 1.83. The molecule has 0 aliphatic rings. The molecule has 0 fully saturated rings. The minimum atomic E-state index is -0.259. The Hall–Kier alpha value is -2.47. The van der Waals surface area contributed by atoms with Gasteiger partial charge in [-0.2, -0.15) is 0 Å². The summed E-state index contributed by atoms with van der Waals surface area (Å²) in [6.07, 6.45) is 1.49. The van der Waals surface area contributed by atoms with Crippen molar-refractivity contribution >= 4 is 11.9 Å². The van der Waals surface area contributed by atoms with E-state index in [-0.39, 0.29) is 17.4 Å². The number of nitrogens with one attached hydrogen (secondary N) is 3. The SMILES string of the molecule is CC(=O)Nc1nc(C)c(CCCNCc2ccccc2)c(=O)[nH]1. The molecule has 0 unspecified atom stereocenters. The number of amides is 1. The number of carbonyl (C=O) groups is 1. The summed E-state index contributed by atoms with van der Waals surface area (Å²) in [6.45, 7) is 4.80. The molecule has 1 heterocycles. The molecule has 0 atom stereocenters. The maximum atomic E-state index is 12.1. The van der Waals surface area contributed by atoms with Crippen LogP contribution in [-0.2, 0) is 17.8 Å². The first-order valence-corrected chi connectivity index (χ1v) is 7.68. The van der Waals surface area contributed by atoms with Crippen molar-refractivity contribution < 1.29 is 4.79 Å². The summed E-state index contributed by atoms with van der Waals surface area (Å²) < 4.78 is 0. The van der Waals surface area contributed by atoms with Crippen LogP contribution in [-0.4, -0.2) is 22.4 Å². The van der Waals surface area contributed by atoms with E-state index in [0.29, 0.717) is 17.7 Å². The minimum absolute atomic E-state index is 0.190. The monoisotopic (exact) mass is 314 g/mol. The first kappa shape index (κ1) is 16.9. The van der Waals surface area contributed by atoms with Gasteiger partial charge in [0, 0.05) is 24.7 Å². The molecule has 23 heavy (non-hydrogen) atoms. The molecule has 2 rings (SSSR count). The maximum absolute atomic E-state index is 12.1. The van der Waals surface area contributed by atoms with Gasteiger partial charge in [0.05, 0.1) is 0 Å². The molecule has 0 bridgehead atoms. The first-order chi connectivity index (χ1) is 11.1. The van der Waals surface area contributed by atoms with Crippen LogP contribution in [0.5, 0.6) is 0 Å². The number of aromatic nitrogens is 2. The Morgan fingerprint density at radius 3 is 2.65 bits per heavy atom. The van der Waals surface area contributed by atoms with Crippen molar-refractivity contribution in [3.63, 3.8) is 0 Å². The number of hydrogen-bond donors (Lipinski definition) is 3. The van der Waals surface area contributed by atoms with Crippen molar-refractivity contribution in [2.45, 2.75) is 33.2 Å². The number of carbonyl (C=O) groups excluding carboxylic acids is 1. The molecule has 6 heteroatoms. The average molecular weight is 314 g/mol. The van der Waals surface area contributed by atoms with Gasteiger partial charge in [0.15, 0.2) is 0 Å². The molecule has 0 aliphatic carbocycles. The number of rotatable bonds is 7. The van der Waals surface area contributed by atoms with Crippen molar-refractivity contribution in [1.29, 1.82) is 0 Å². The van der Waals surface area contributed by atoms with Crippen LogP contribution in [0.15, 0.2) is 35.1 Å². The highest BCUT2D eigenvalue weighted by atomic mass is 16.1. The molecule has 1 amide bonds. The van der Waals surface area contributed by atoms with Gasteiger partial charge in [0.1, 0.15) is 0 Å². The second kappa shape index (κ2) is 8.24. The van der Waals surface area contributed by atoms with E-state index < -0.39 is 0 Å². The Labute approximate surface area is 135 Å². The topological polar surface area (TPSA) is 86.9 Å². The Morgan fingerprint density at radius 1 is 1.26 bits per heavy atom. The quantitative estimate of drug-likeness (QED) is 0.680. The van der Waals surface area contributed by atoms with Gasteiger partial charge >= 0.3 is 0 Å². The number of anilines is 1. The van der Waals surface area contributed by atoms with E-state index in [0.717, 1.165) is 19.5 Å². The fraction of sp³-hybridized carbons (Fsp3) is 0.353. The second-order valence-corrected chi connectivity index (χ2v) is 5.43. The molecule has 0 saturated heterocycles. The van der Waals surface area contributed by atoms with E-state index in [9.17, 15) is 9.59 Å². The van der Waals surface area contributed by atoms with Gasteiger partial charge in [-0.05, 0) is 31.9 Å². The molecule has 0 radical (unpaired) electrons. The number of H-pyrrole nitrogens is 1. The lowest BCUT2D eigenvalue weighted by molar-refractivity contribution is -0.114. The maximum Gasteiger partial charge on any atom is 0.255 e. The smallest absolute Gasteiger partial charge is 0.255 e. The van der Waals surface area contributed by atoms with E-state index in [2.05, 4.69) is 32.7 Å². The summed E-state index contributed by atoms with van der Waals surface area (Å²) in [6, 6.07) is 10.2. The zero-order valence-corrected chi connectivity index (χ0v) is 13.5. The molecule has 0 spiro atoms. The normalized spacial score (nSPS) is 10.5. The molecular weight excluding hydrogens is 292 g/mol. The number of benzene rings is 1. The summed E-state index contributed by atoms with van der Waals surface area (Å²) in [5.74, 6) is -0.0589. The molecule has 1 aromatic carbocycles. The van der Waals surface area contributed by atoms with Crippen LogP contribution < -0.4 is 16.2 Å². The Kier molecular flexibility index (Phi) is 6.05. The molecular formula is C17H22N4O2. The third-order valence-corrected chi connectivity index (χ3v) is 3.47. The fourth-order valence-corrected chi connectivity index (χ4v) is 2.35. The van der Waals surface area contributed by atoms with E-state index >= 15 is 0 Å². The van der Waals surface area contributed by atoms with Crippen LogP contribution >= 0.6 is 0 Å². The first-order valence-electron chi connectivity index (χ1n) is 7.68. The molecule has 3 N–H and O–H groups in total. The third kappa shape index (κ3) is 5.34. The highest BCUT2D eigenvalue weighted by Gasteiger charge is 2.08. The third-order valence-electron chi connectivity index (χ3n) is 3.47. The average Bonchev–Trinajstić information content (AvgIpc) is 2.49. The van der Waals surface area contributed by atoms with Gasteiger partial charge in [-0.25, -0.2) is 4.98 Å². The van der Waals surface area contributed by atoms with E-state index in [1.165, 1.54) is 12.5 Å². The van der Waals surface area contributed by atoms with Crippen molar-refractivity contribution in [2.24, 2.45) is 0 Å². The van der Waals surface area contributed by atoms with Crippen molar-refractivity contribution in [3.05, 3.63) is 57.5 Å². The summed E-state index contributed by atoms with van der Waals surface area (Å²) >= 11 is 0. The number of nitrogens with zero attached hydrogens (tertiary/aromatic N) is 1. The van der Waals surface area contributed by atoms with Crippen LogP contribution in [0.3, 0.4) is 0 Å². The van der Waals surface area contributed by atoms with Gasteiger partial charge in [0.2, 0.25) is 11.9 Å². The Bertz CT molecular complexity index is 710. The fourth-order valence-electron chi connectivity index (χ4n) is 2.35. The molecule has 2 aromatic rings. The van der Waals surface area contributed by atoms with Crippen LogP contribution in [0.2, 0.25) is 0 Å². The van der Waals surface area contributed by atoms with E-state index in [1.807, 2.05) is 18.2 Å². The van der Waals surface area contributed by atoms with Crippen LogP contribution in [0.4, 0.5) is 5.95 Å². The Morgan fingerprint density at radius 2 is 2.00 bits per heavy atom. The van der Waals surface area contributed by atoms with Gasteiger partial charge in [-0.15, -0.1) is 0 Å². The number of hydrogen-bond acceptors (Lipinski definition) is 4. The van der Waals surface area contributed by atoms with E-state index in [1.54, 1.807) is 6.92 Å². The van der Waals surface area contributed by atoms with Gasteiger partial charge in [-0.1, -0.05) is 30.3 Å². The standard InChI is InChI=1S/C17H22N4O2/c1-12-15(16(23)21-17(19-12)20-13(2)22)9-6-10-18-11-14-7-4-3-5-8-14/h3-5,7-8,18H,6,9-11H2,1-2H3,(H2,19,20,21,22,23). The lowest BCUT2D eigenvalue weighted by Gasteiger charge is -2.08. The van der Waals surface area contributed by atoms with Crippen LogP contribution in [0.25, 0.3) is 0 Å². The zero-order valence-electron chi connectivity index (χ0n) is 13.5. The van der Waals surface area contributed by atoms with Crippen LogP contribution in [0.1, 0.15) is 30.2 Å². The lowest BCUT2D eigenvalue weighted by atomic mass is 10.1. The molecule has 0 aliphatic heterocycles. The summed E-state index contributed by atoms with van der Waals surface area (Å²) in [5, 5.41) is 5.85. The van der Waals surface area contributed by atoms with E-state index in [4.69, 9.17) is 0 Å². The predicted octanol–water partition coefficient (Wildman–Crippen LogP) is 1.76. The molecule has 122 valence electrons. The highest BCUT2D eigenvalue weighted by Crippen LogP contribution is 2.05. The molecule has 6 nitrogen and oxygen atoms in total. The summed E-state index contributed by atoms with van der Waals surface area (Å²) in [5.41, 5.74) is 2.37. The van der Waals surface area contributed by atoms with Gasteiger partial charge in [0.25, 0.3) is 5.56 Å². The minimum Gasteiger partial charge on any atom is -0.313 e. The number of aryl methyl sites for hydroxylation is 1. The highest BCUT2D eigenvalue weighted by molar-refractivity contribution is 5.86. The van der Waals surface area contributed by atoms with Gasteiger partial charge < -0.3 is 5.32 Å². The van der Waals surface area contributed by atoms with Gasteiger partial charge in [-0.3, -0.25) is 19.9 Å². The summed E-state index contributed by atoms with van der Waals surface area (Å²) in [7, 11) is 0. The summed E-state index contributed by atoms with van der Waals surface area (Å²) in [4.78, 5) is 29.9. The van der Waals surface area contributed by atoms with Crippen molar-refractivity contribution in [1.82, 2.24) is 15.3 Å². The largest absolute Gasteiger partial charge is 0.313 e. The van der Waals surface area contributed by atoms with Crippen LogP contribution in [0, 0.1) is 6.92 Å². The number of aromatic amines is 1.